The predicted molar refractivity (Wildman–Crippen MR) is 97.6 cm³/mol. The Balaban J connectivity index is 1.83. The molecule has 0 heterocycles. The highest BCUT2D eigenvalue weighted by Crippen LogP contribution is 2.20. The number of anilines is 1. The van der Waals surface area contributed by atoms with Crippen LogP contribution in [-0.2, 0) is 14.3 Å². The summed E-state index contributed by atoms with van der Waals surface area (Å²) in [5.74, 6) is -0.199. The van der Waals surface area contributed by atoms with Gasteiger partial charge in [-0.05, 0) is 50.2 Å². The van der Waals surface area contributed by atoms with Crippen molar-refractivity contribution in [1.29, 1.82) is 0 Å². The van der Waals surface area contributed by atoms with E-state index in [0.29, 0.717) is 31.2 Å². The summed E-state index contributed by atoms with van der Waals surface area (Å²) in [5, 5.41) is 11.1. The van der Waals surface area contributed by atoms with Crippen molar-refractivity contribution in [2.75, 3.05) is 25.1 Å². The lowest BCUT2D eigenvalue weighted by Gasteiger charge is -2.13. The molecular weight excluding hydrogens is 318 g/mol. The van der Waals surface area contributed by atoms with Crippen molar-refractivity contribution in [3.8, 4) is 0 Å². The zero-order chi connectivity index (χ0) is 17.9. The predicted octanol–water partition coefficient (Wildman–Crippen LogP) is 4.48. The number of nitrogens with zero attached hydrogens (tertiary/aromatic N) is 2. The first-order chi connectivity index (χ1) is 12.2. The first-order valence-corrected chi connectivity index (χ1v) is 8.26. The molecule has 0 spiro atoms. The molecule has 0 saturated heterocycles. The fourth-order valence-corrected chi connectivity index (χ4v) is 1.97. The summed E-state index contributed by atoms with van der Waals surface area (Å²) in [6.07, 6.45) is -0.544. The van der Waals surface area contributed by atoms with Crippen LogP contribution >= 0.6 is 0 Å². The molecule has 0 bridgehead atoms. The molecule has 1 atom stereocenters. The highest BCUT2D eigenvalue weighted by atomic mass is 16.5. The molecule has 0 fully saturated rings. The maximum atomic E-state index is 12.1. The highest BCUT2D eigenvalue weighted by molar-refractivity contribution is 5.94. The lowest BCUT2D eigenvalue weighted by Crippen LogP contribution is -2.28. The van der Waals surface area contributed by atoms with Gasteiger partial charge >= 0.3 is 0 Å². The number of benzene rings is 2. The molecule has 2 rings (SSSR count). The van der Waals surface area contributed by atoms with Gasteiger partial charge in [-0.2, -0.15) is 10.2 Å². The van der Waals surface area contributed by atoms with E-state index in [9.17, 15) is 4.79 Å². The topological polar surface area (TPSA) is 72.3 Å². The van der Waals surface area contributed by atoms with Gasteiger partial charge in [0.25, 0.3) is 5.91 Å². The van der Waals surface area contributed by atoms with E-state index in [0.717, 1.165) is 5.69 Å². The number of hydrogen-bond donors (Lipinski definition) is 1. The fraction of sp³-hybridized carbons (Fsp3) is 0.316. The zero-order valence-corrected chi connectivity index (χ0v) is 14.5. The Labute approximate surface area is 147 Å². The molecule has 1 unspecified atom stereocenters. The molecule has 2 aromatic rings. The monoisotopic (exact) mass is 341 g/mol. The molecule has 0 aliphatic carbocycles. The average molecular weight is 341 g/mol. The van der Waals surface area contributed by atoms with Crippen LogP contribution < -0.4 is 5.32 Å². The van der Waals surface area contributed by atoms with Crippen LogP contribution in [0.2, 0.25) is 0 Å². The molecule has 2 aromatic carbocycles. The summed E-state index contributed by atoms with van der Waals surface area (Å²) in [7, 11) is 0. The first-order valence-electron chi connectivity index (χ1n) is 8.26. The van der Waals surface area contributed by atoms with Gasteiger partial charge in [-0.3, -0.25) is 4.79 Å². The molecular formula is C19H23N3O3. The van der Waals surface area contributed by atoms with E-state index < -0.39 is 6.10 Å². The lowest BCUT2D eigenvalue weighted by molar-refractivity contribution is -0.127. The van der Waals surface area contributed by atoms with Crippen LogP contribution in [0.4, 0.5) is 17.1 Å². The average Bonchev–Trinajstić information content (AvgIpc) is 2.65. The summed E-state index contributed by atoms with van der Waals surface area (Å²) in [5.41, 5.74) is 2.18. The van der Waals surface area contributed by atoms with Crippen molar-refractivity contribution in [3.05, 3.63) is 54.6 Å². The van der Waals surface area contributed by atoms with Gasteiger partial charge in [-0.1, -0.05) is 18.2 Å². The van der Waals surface area contributed by atoms with Crippen LogP contribution in [-0.4, -0.2) is 31.8 Å². The molecule has 6 nitrogen and oxygen atoms in total. The Morgan fingerprint density at radius 3 is 2.28 bits per heavy atom. The van der Waals surface area contributed by atoms with Crippen LogP contribution in [0, 0.1) is 0 Å². The Morgan fingerprint density at radius 1 is 1.00 bits per heavy atom. The minimum absolute atomic E-state index is 0.199. The molecule has 1 N–H and O–H groups in total. The fourth-order valence-electron chi connectivity index (χ4n) is 1.97. The van der Waals surface area contributed by atoms with E-state index in [1.165, 1.54) is 0 Å². The second-order valence-corrected chi connectivity index (χ2v) is 5.28. The van der Waals surface area contributed by atoms with Crippen LogP contribution in [0.15, 0.2) is 64.8 Å². The molecule has 1 amide bonds. The van der Waals surface area contributed by atoms with Crippen LogP contribution in [0.5, 0.6) is 0 Å². The van der Waals surface area contributed by atoms with Gasteiger partial charge in [0.05, 0.1) is 24.6 Å². The van der Waals surface area contributed by atoms with E-state index in [2.05, 4.69) is 15.5 Å². The Bertz CT molecular complexity index is 672. The third-order valence-electron chi connectivity index (χ3n) is 3.34. The summed E-state index contributed by atoms with van der Waals surface area (Å²) >= 11 is 0. The molecule has 0 radical (unpaired) electrons. The van der Waals surface area contributed by atoms with E-state index in [1.54, 1.807) is 31.2 Å². The third kappa shape index (κ3) is 6.82. The van der Waals surface area contributed by atoms with E-state index in [-0.39, 0.29) is 5.91 Å². The van der Waals surface area contributed by atoms with Gasteiger partial charge in [0.2, 0.25) is 0 Å². The maximum Gasteiger partial charge on any atom is 0.253 e. The lowest BCUT2D eigenvalue weighted by atomic mass is 10.2. The van der Waals surface area contributed by atoms with Crippen molar-refractivity contribution in [1.82, 2.24) is 0 Å². The second-order valence-electron chi connectivity index (χ2n) is 5.28. The minimum atomic E-state index is -0.544. The highest BCUT2D eigenvalue weighted by Gasteiger charge is 2.13. The van der Waals surface area contributed by atoms with Crippen molar-refractivity contribution >= 4 is 23.0 Å². The largest absolute Gasteiger partial charge is 0.379 e. The standard InChI is InChI=1S/C19H23N3O3/c1-3-24-13-14-25-15(2)19(23)20-16-9-11-18(12-10-16)22-21-17-7-5-4-6-8-17/h4-12,15H,3,13-14H2,1-2H3,(H,20,23). The van der Waals surface area contributed by atoms with E-state index in [4.69, 9.17) is 9.47 Å². The number of amides is 1. The molecule has 132 valence electrons. The summed E-state index contributed by atoms with van der Waals surface area (Å²) in [6, 6.07) is 16.7. The van der Waals surface area contributed by atoms with Gasteiger partial charge in [-0.15, -0.1) is 0 Å². The van der Waals surface area contributed by atoms with E-state index in [1.807, 2.05) is 37.3 Å². The van der Waals surface area contributed by atoms with Crippen LogP contribution in [0.1, 0.15) is 13.8 Å². The normalized spacial score (nSPS) is 12.2. The molecule has 0 saturated carbocycles. The smallest absolute Gasteiger partial charge is 0.253 e. The number of nitrogens with one attached hydrogen (secondary N) is 1. The molecule has 6 heteroatoms. The Morgan fingerprint density at radius 2 is 1.64 bits per heavy atom. The van der Waals surface area contributed by atoms with Crippen molar-refractivity contribution in [2.45, 2.75) is 20.0 Å². The Hall–Kier alpha value is -2.57. The number of ether oxygens (including phenoxy) is 2. The summed E-state index contributed by atoms with van der Waals surface area (Å²) < 4.78 is 10.6. The van der Waals surface area contributed by atoms with E-state index >= 15 is 0 Å². The van der Waals surface area contributed by atoms with Crippen molar-refractivity contribution in [3.63, 3.8) is 0 Å². The second kappa shape index (κ2) is 10.3. The number of rotatable bonds is 9. The number of hydrogen-bond acceptors (Lipinski definition) is 5. The van der Waals surface area contributed by atoms with Crippen LogP contribution in [0.25, 0.3) is 0 Å². The SMILES string of the molecule is CCOCCOC(C)C(=O)Nc1ccc(N=Nc2ccccc2)cc1. The van der Waals surface area contributed by atoms with Crippen molar-refractivity contribution in [2.24, 2.45) is 10.2 Å². The number of carbonyl (C=O) groups is 1. The molecule has 25 heavy (non-hydrogen) atoms. The van der Waals surface area contributed by atoms with Gasteiger partial charge in [0.1, 0.15) is 6.10 Å². The van der Waals surface area contributed by atoms with Gasteiger partial charge < -0.3 is 14.8 Å². The van der Waals surface area contributed by atoms with Gasteiger partial charge in [0.15, 0.2) is 0 Å². The molecule has 0 aliphatic heterocycles. The van der Waals surface area contributed by atoms with Crippen molar-refractivity contribution < 1.29 is 14.3 Å². The summed E-state index contributed by atoms with van der Waals surface area (Å²) in [4.78, 5) is 12.1. The van der Waals surface area contributed by atoms with Crippen LogP contribution in [0.3, 0.4) is 0 Å². The zero-order valence-electron chi connectivity index (χ0n) is 14.5. The quantitative estimate of drug-likeness (QED) is 0.540. The first kappa shape index (κ1) is 18.8. The van der Waals surface area contributed by atoms with Gasteiger partial charge in [0, 0.05) is 12.3 Å². The molecule has 0 aromatic heterocycles. The number of carbonyl (C=O) groups excluding carboxylic acids is 1. The number of azo groups is 1. The summed E-state index contributed by atoms with van der Waals surface area (Å²) in [6.45, 7) is 5.14. The third-order valence-corrected chi connectivity index (χ3v) is 3.34. The maximum absolute atomic E-state index is 12.1. The van der Waals surface area contributed by atoms with Gasteiger partial charge in [-0.25, -0.2) is 0 Å². The molecule has 0 aliphatic rings. The minimum Gasteiger partial charge on any atom is -0.379 e. The Kier molecular flexibility index (Phi) is 7.75.